The molecule has 22 heavy (non-hydrogen) atoms. The third-order valence-electron chi connectivity index (χ3n) is 3.66. The molecule has 0 spiro atoms. The summed E-state index contributed by atoms with van der Waals surface area (Å²) in [6.07, 6.45) is 0.959. The van der Waals surface area contributed by atoms with Crippen LogP contribution in [0.4, 0.5) is 0 Å². The molecule has 0 fully saturated rings. The summed E-state index contributed by atoms with van der Waals surface area (Å²) in [7, 11) is 1.69. The predicted molar refractivity (Wildman–Crippen MR) is 85.8 cm³/mol. The molecule has 4 heteroatoms. The smallest absolute Gasteiger partial charge is 0.161 e. The van der Waals surface area contributed by atoms with Crippen LogP contribution in [-0.2, 0) is 13.0 Å². The summed E-state index contributed by atoms with van der Waals surface area (Å²) in [5.41, 5.74) is 2.48. The van der Waals surface area contributed by atoms with Crippen molar-refractivity contribution in [3.8, 4) is 17.2 Å². The highest BCUT2D eigenvalue weighted by Crippen LogP contribution is 2.30. The normalized spacial score (nSPS) is 13.0. The van der Waals surface area contributed by atoms with Crippen molar-refractivity contribution in [2.24, 2.45) is 0 Å². The molecule has 0 radical (unpaired) electrons. The lowest BCUT2D eigenvalue weighted by Crippen LogP contribution is -2.18. The monoisotopic (exact) mass is 299 g/mol. The molecule has 2 aromatic carbocycles. The maximum absolute atomic E-state index is 5.61. The summed E-state index contributed by atoms with van der Waals surface area (Å²) in [6, 6.07) is 14.3. The molecule has 3 rings (SSSR count). The summed E-state index contributed by atoms with van der Waals surface area (Å²) in [5.74, 6) is 2.60. The zero-order chi connectivity index (χ0) is 15.2. The first-order valence-corrected chi connectivity index (χ1v) is 7.57. The number of hydrogen-bond acceptors (Lipinski definition) is 4. The Morgan fingerprint density at radius 1 is 1.00 bits per heavy atom. The van der Waals surface area contributed by atoms with Crippen LogP contribution in [0.5, 0.6) is 17.2 Å². The molecule has 0 saturated heterocycles. The molecule has 2 aromatic rings. The lowest BCUT2D eigenvalue weighted by Gasteiger charge is -2.18. The second-order valence-corrected chi connectivity index (χ2v) is 5.26. The second-order valence-electron chi connectivity index (χ2n) is 5.26. The van der Waals surface area contributed by atoms with Crippen LogP contribution in [0.25, 0.3) is 0 Å². The van der Waals surface area contributed by atoms with Gasteiger partial charge in [-0.3, -0.25) is 0 Å². The van der Waals surface area contributed by atoms with E-state index in [4.69, 9.17) is 14.2 Å². The Labute approximate surface area is 131 Å². The Morgan fingerprint density at radius 3 is 2.73 bits per heavy atom. The van der Waals surface area contributed by atoms with E-state index in [0.717, 1.165) is 36.8 Å². The van der Waals surface area contributed by atoms with Crippen molar-refractivity contribution in [3.05, 3.63) is 53.6 Å². The summed E-state index contributed by atoms with van der Waals surface area (Å²) >= 11 is 0. The Kier molecular flexibility index (Phi) is 4.81. The van der Waals surface area contributed by atoms with Gasteiger partial charge in [-0.1, -0.05) is 18.2 Å². The minimum atomic E-state index is 0.630. The maximum Gasteiger partial charge on any atom is 0.161 e. The number of hydrogen-bond donors (Lipinski definition) is 1. The van der Waals surface area contributed by atoms with Gasteiger partial charge >= 0.3 is 0 Å². The highest BCUT2D eigenvalue weighted by atomic mass is 16.6. The van der Waals surface area contributed by atoms with Crippen molar-refractivity contribution in [1.29, 1.82) is 0 Å². The van der Waals surface area contributed by atoms with Gasteiger partial charge in [0.1, 0.15) is 19.0 Å². The van der Waals surface area contributed by atoms with Gasteiger partial charge in [0.05, 0.1) is 7.11 Å². The van der Waals surface area contributed by atoms with Crippen molar-refractivity contribution < 1.29 is 14.2 Å². The van der Waals surface area contributed by atoms with Crippen molar-refractivity contribution in [3.63, 3.8) is 0 Å². The number of rotatable bonds is 6. The van der Waals surface area contributed by atoms with Gasteiger partial charge in [0.15, 0.2) is 11.5 Å². The number of ether oxygens (including phenoxy) is 3. The maximum atomic E-state index is 5.61. The lowest BCUT2D eigenvalue weighted by atomic mass is 10.1. The summed E-state index contributed by atoms with van der Waals surface area (Å²) in [4.78, 5) is 0. The van der Waals surface area contributed by atoms with E-state index in [1.54, 1.807) is 7.11 Å². The quantitative estimate of drug-likeness (QED) is 0.833. The average Bonchev–Trinajstić information content (AvgIpc) is 2.59. The first kappa shape index (κ1) is 14.7. The molecule has 1 aliphatic heterocycles. The molecular formula is C18H21NO3. The molecule has 0 bridgehead atoms. The van der Waals surface area contributed by atoms with Crippen molar-refractivity contribution in [2.45, 2.75) is 13.0 Å². The molecule has 4 nitrogen and oxygen atoms in total. The Morgan fingerprint density at radius 2 is 1.86 bits per heavy atom. The third-order valence-corrected chi connectivity index (χ3v) is 3.66. The first-order chi connectivity index (χ1) is 10.8. The fourth-order valence-electron chi connectivity index (χ4n) is 2.49. The van der Waals surface area contributed by atoms with Crippen LogP contribution in [-0.4, -0.2) is 26.9 Å². The van der Waals surface area contributed by atoms with E-state index in [2.05, 4.69) is 29.6 Å². The van der Waals surface area contributed by atoms with E-state index < -0.39 is 0 Å². The Balaban J connectivity index is 1.48. The third kappa shape index (κ3) is 3.71. The molecule has 0 saturated carbocycles. The van der Waals surface area contributed by atoms with Crippen molar-refractivity contribution in [1.82, 2.24) is 5.32 Å². The average molecular weight is 299 g/mol. The van der Waals surface area contributed by atoms with E-state index >= 15 is 0 Å². The zero-order valence-electron chi connectivity index (χ0n) is 12.8. The van der Waals surface area contributed by atoms with Gasteiger partial charge in [-0.2, -0.15) is 0 Å². The minimum absolute atomic E-state index is 0.630. The number of fused-ring (bicyclic) bond motifs is 1. The minimum Gasteiger partial charge on any atom is -0.497 e. The topological polar surface area (TPSA) is 39.7 Å². The molecule has 1 aliphatic rings. The molecule has 116 valence electrons. The number of methoxy groups -OCH3 is 1. The van der Waals surface area contributed by atoms with E-state index in [0.29, 0.717) is 13.2 Å². The van der Waals surface area contributed by atoms with Crippen LogP contribution in [0.3, 0.4) is 0 Å². The van der Waals surface area contributed by atoms with Gasteiger partial charge in [-0.15, -0.1) is 0 Å². The van der Waals surface area contributed by atoms with Gasteiger partial charge < -0.3 is 19.5 Å². The van der Waals surface area contributed by atoms with E-state index in [1.165, 1.54) is 11.1 Å². The predicted octanol–water partition coefficient (Wildman–Crippen LogP) is 2.80. The van der Waals surface area contributed by atoms with E-state index in [9.17, 15) is 0 Å². The van der Waals surface area contributed by atoms with Gasteiger partial charge in [-0.25, -0.2) is 0 Å². The van der Waals surface area contributed by atoms with Crippen LogP contribution < -0.4 is 19.5 Å². The van der Waals surface area contributed by atoms with Crippen LogP contribution in [0.15, 0.2) is 42.5 Å². The van der Waals surface area contributed by atoms with Crippen molar-refractivity contribution in [2.75, 3.05) is 26.9 Å². The summed E-state index contributed by atoms with van der Waals surface area (Å²) in [6.45, 7) is 3.01. The largest absolute Gasteiger partial charge is 0.497 e. The van der Waals surface area contributed by atoms with Gasteiger partial charge in [0.2, 0.25) is 0 Å². The molecule has 0 amide bonds. The van der Waals surface area contributed by atoms with Crippen LogP contribution >= 0.6 is 0 Å². The van der Waals surface area contributed by atoms with E-state index in [-0.39, 0.29) is 0 Å². The molecule has 0 unspecified atom stereocenters. The molecular weight excluding hydrogens is 278 g/mol. The van der Waals surface area contributed by atoms with Gasteiger partial charge in [-0.05, 0) is 48.4 Å². The highest BCUT2D eigenvalue weighted by Gasteiger charge is 2.11. The van der Waals surface area contributed by atoms with Crippen LogP contribution in [0.2, 0.25) is 0 Å². The lowest BCUT2D eigenvalue weighted by molar-refractivity contribution is 0.171. The molecule has 0 aromatic heterocycles. The van der Waals surface area contributed by atoms with Crippen LogP contribution in [0, 0.1) is 0 Å². The molecule has 1 N–H and O–H groups in total. The number of benzene rings is 2. The molecule has 0 atom stereocenters. The van der Waals surface area contributed by atoms with Crippen LogP contribution in [0.1, 0.15) is 11.1 Å². The highest BCUT2D eigenvalue weighted by molar-refractivity contribution is 5.43. The zero-order valence-corrected chi connectivity index (χ0v) is 12.8. The Bertz CT molecular complexity index is 627. The standard InChI is InChI=1S/C18H21NO3/c1-20-16-4-2-3-15(11-16)13-19-8-7-14-5-6-17-18(12-14)22-10-9-21-17/h2-6,11-12,19H,7-10,13H2,1H3. The van der Waals surface area contributed by atoms with Crippen molar-refractivity contribution >= 4 is 0 Å². The molecule has 1 heterocycles. The first-order valence-electron chi connectivity index (χ1n) is 7.57. The fraction of sp³-hybridized carbons (Fsp3) is 0.333. The van der Waals surface area contributed by atoms with Gasteiger partial charge in [0.25, 0.3) is 0 Å². The van der Waals surface area contributed by atoms with E-state index in [1.807, 2.05) is 18.2 Å². The summed E-state index contributed by atoms with van der Waals surface area (Å²) in [5, 5.41) is 3.45. The Hall–Kier alpha value is -2.20. The van der Waals surface area contributed by atoms with Gasteiger partial charge in [0, 0.05) is 6.54 Å². The second kappa shape index (κ2) is 7.18. The SMILES string of the molecule is COc1cccc(CNCCc2ccc3c(c2)OCCO3)c1. The molecule has 0 aliphatic carbocycles. The number of nitrogens with one attached hydrogen (secondary N) is 1. The summed E-state index contributed by atoms with van der Waals surface area (Å²) < 4.78 is 16.4. The fourth-order valence-corrected chi connectivity index (χ4v) is 2.49.